The number of benzene rings is 2. The number of carbonyl (C=O) groups excluding carboxylic acids is 7. The van der Waals surface area contributed by atoms with Gasteiger partial charge in [-0.1, -0.05) is 0 Å². The van der Waals surface area contributed by atoms with Crippen molar-refractivity contribution in [3.63, 3.8) is 0 Å². The summed E-state index contributed by atoms with van der Waals surface area (Å²) in [6.07, 6.45) is 2.25. The fourth-order valence-electron chi connectivity index (χ4n) is 8.40. The van der Waals surface area contributed by atoms with Crippen molar-refractivity contribution in [1.29, 1.82) is 10.5 Å². The maximum atomic E-state index is 13.9. The van der Waals surface area contributed by atoms with E-state index in [1.807, 2.05) is 0 Å². The van der Waals surface area contributed by atoms with Crippen LogP contribution in [0.25, 0.3) is 21.8 Å². The van der Waals surface area contributed by atoms with Gasteiger partial charge in [-0.05, 0) is 101 Å². The molecule has 410 valence electrons. The fourth-order valence-corrected chi connectivity index (χ4v) is 8.40. The third kappa shape index (κ3) is 16.8. The summed E-state index contributed by atoms with van der Waals surface area (Å²) in [7, 11) is 0. The number of nitrogens with zero attached hydrogens (tertiary/aromatic N) is 6. The van der Waals surface area contributed by atoms with E-state index < -0.39 is 110 Å². The van der Waals surface area contributed by atoms with Crippen LogP contribution in [-0.2, 0) is 23.9 Å². The molecule has 2 aliphatic rings. The molecule has 4 aromatic rings. The van der Waals surface area contributed by atoms with E-state index in [-0.39, 0.29) is 56.2 Å². The predicted molar refractivity (Wildman–Crippen MR) is 267 cm³/mol. The molecule has 0 aliphatic carbocycles. The molecule has 0 bridgehead atoms. The maximum absolute atomic E-state index is 13.9. The number of fused-ring (bicyclic) bond motifs is 2. The Morgan fingerprint density at radius 2 is 1.16 bits per heavy atom. The van der Waals surface area contributed by atoms with E-state index in [1.165, 1.54) is 24.5 Å². The van der Waals surface area contributed by atoms with Crippen LogP contribution >= 0.6 is 0 Å². The SMILES string of the molecule is CC(C)(C)OC(=O)NC(CCC(=O)NCCCCOc1ccc2nccc(C(=O)NCC(=O)N3CC(F)(F)C[C@H]3C#N)c2c1)C(=O)NCCCCOc1ccc2nccc(C(=O)NCC(=O)N3CC(F)(F)C[C@H]3C#N)c2c1. The second-order valence-corrected chi connectivity index (χ2v) is 19.4. The molecule has 2 aliphatic heterocycles. The van der Waals surface area contributed by atoms with Crippen molar-refractivity contribution in [3.8, 4) is 23.6 Å². The zero-order chi connectivity index (χ0) is 55.9. The molecule has 21 nitrogen and oxygen atoms in total. The Morgan fingerprint density at radius 1 is 0.688 bits per heavy atom. The number of unbranched alkanes of at least 4 members (excludes halogenated alkanes) is 2. The van der Waals surface area contributed by atoms with Gasteiger partial charge in [0.25, 0.3) is 23.7 Å². The van der Waals surface area contributed by atoms with Gasteiger partial charge in [0.15, 0.2) is 0 Å². The normalized spacial score (nSPS) is 16.8. The fraction of sp³-hybridized carbons (Fsp3) is 0.481. The first-order chi connectivity index (χ1) is 36.5. The zero-order valence-corrected chi connectivity index (χ0v) is 42.6. The second-order valence-electron chi connectivity index (χ2n) is 19.4. The minimum atomic E-state index is -3.20. The average Bonchev–Trinajstić information content (AvgIpc) is 3.90. The molecule has 0 spiro atoms. The summed E-state index contributed by atoms with van der Waals surface area (Å²) < 4.78 is 72.6. The van der Waals surface area contributed by atoms with Gasteiger partial charge in [0.2, 0.25) is 23.6 Å². The summed E-state index contributed by atoms with van der Waals surface area (Å²) in [5.74, 6) is -9.42. The van der Waals surface area contributed by atoms with Crippen molar-refractivity contribution < 1.29 is 65.3 Å². The number of hydrogen-bond donors (Lipinski definition) is 5. The number of alkyl halides is 4. The molecule has 1 unspecified atom stereocenters. The first-order valence-electron chi connectivity index (χ1n) is 24.8. The Hall–Kier alpha value is -8.35. The molecule has 2 fully saturated rings. The molecule has 6 rings (SSSR count). The van der Waals surface area contributed by atoms with E-state index in [9.17, 15) is 61.6 Å². The molecule has 2 saturated heterocycles. The summed E-state index contributed by atoms with van der Waals surface area (Å²) in [5.41, 5.74) is 0.367. The number of likely N-dealkylation sites (tertiary alicyclic amines) is 2. The number of hydrogen-bond acceptors (Lipinski definition) is 14. The van der Waals surface area contributed by atoms with Gasteiger partial charge in [-0.15, -0.1) is 0 Å². The van der Waals surface area contributed by atoms with E-state index in [2.05, 4.69) is 36.6 Å². The summed E-state index contributed by atoms with van der Waals surface area (Å²) in [4.78, 5) is 100. The van der Waals surface area contributed by atoms with Crippen molar-refractivity contribution >= 4 is 63.3 Å². The lowest BCUT2D eigenvalue weighted by molar-refractivity contribution is -0.132. The highest BCUT2D eigenvalue weighted by Gasteiger charge is 2.48. The van der Waals surface area contributed by atoms with Gasteiger partial charge in [-0.25, -0.2) is 22.4 Å². The van der Waals surface area contributed by atoms with E-state index in [0.717, 1.165) is 9.80 Å². The number of alkyl carbamates (subject to hydrolysis) is 1. The summed E-state index contributed by atoms with van der Waals surface area (Å²) in [6.45, 7) is 2.93. The Labute approximate surface area is 440 Å². The molecule has 25 heteroatoms. The largest absolute Gasteiger partial charge is 0.494 e. The van der Waals surface area contributed by atoms with Gasteiger partial charge >= 0.3 is 6.09 Å². The van der Waals surface area contributed by atoms with E-state index in [0.29, 0.717) is 59.0 Å². The molecule has 7 amide bonds. The highest BCUT2D eigenvalue weighted by molar-refractivity contribution is 6.08. The van der Waals surface area contributed by atoms with E-state index >= 15 is 0 Å². The van der Waals surface area contributed by atoms with Crippen LogP contribution in [0.15, 0.2) is 60.9 Å². The minimum absolute atomic E-state index is 0.0402. The van der Waals surface area contributed by atoms with Crippen LogP contribution in [0.3, 0.4) is 0 Å². The number of amides is 7. The van der Waals surface area contributed by atoms with Crippen LogP contribution in [0.4, 0.5) is 22.4 Å². The van der Waals surface area contributed by atoms with Crippen molar-refractivity contribution in [1.82, 2.24) is 46.4 Å². The van der Waals surface area contributed by atoms with Gasteiger partial charge in [0.05, 0.1) is 73.7 Å². The Kier molecular flexibility index (Phi) is 19.5. The molecular weight excluding hydrogens is 1010 g/mol. The number of pyridine rings is 2. The number of carbonyl (C=O) groups is 7. The molecule has 0 radical (unpaired) electrons. The van der Waals surface area contributed by atoms with Crippen molar-refractivity contribution in [3.05, 3.63) is 72.1 Å². The third-order valence-electron chi connectivity index (χ3n) is 12.2. The monoisotopic (exact) mass is 1070 g/mol. The highest BCUT2D eigenvalue weighted by Crippen LogP contribution is 2.33. The first kappa shape index (κ1) is 57.9. The average molecular weight is 1070 g/mol. The molecule has 2 aromatic heterocycles. The quantitative estimate of drug-likeness (QED) is 0.0498. The Balaban J connectivity index is 0.902. The van der Waals surface area contributed by atoms with E-state index in [4.69, 9.17) is 14.2 Å². The van der Waals surface area contributed by atoms with Gasteiger partial charge < -0.3 is 50.6 Å². The van der Waals surface area contributed by atoms with E-state index in [1.54, 1.807) is 69.3 Å². The summed E-state index contributed by atoms with van der Waals surface area (Å²) in [6, 6.07) is 12.4. The van der Waals surface area contributed by atoms with Crippen LogP contribution < -0.4 is 36.1 Å². The summed E-state index contributed by atoms with van der Waals surface area (Å²) in [5, 5.41) is 32.3. The molecule has 5 N–H and O–H groups in total. The lowest BCUT2D eigenvalue weighted by atomic mass is 10.1. The molecule has 2 aromatic carbocycles. The first-order valence-corrected chi connectivity index (χ1v) is 24.8. The third-order valence-corrected chi connectivity index (χ3v) is 12.2. The number of aromatic nitrogens is 2. The molecule has 4 heterocycles. The number of nitriles is 2. The standard InChI is InChI=1S/C52H59F4N11O10/c1-50(2,3)77-49(74)65-42(48(73)62-17-5-7-21-76-35-9-11-41-39(23-35)37(15-19-60-41)47(72)64-29-45(70)67-31-52(55,56)25-33(67)27-58)12-13-43(68)61-16-4-6-20-75-34-8-10-40-38(22-34)36(14-18-59-40)46(71)63-28-44(69)66-30-51(53,54)24-32(66)26-57/h8-11,14-15,18-19,22-23,32-33,42H,4-7,12-13,16-17,20-21,24-25,28-31H2,1-3H3,(H,61,68)(H,62,73)(H,63,71)(H,64,72)(H,65,74)/t32-,33-,42?/m0/s1. The van der Waals surface area contributed by atoms with Crippen LogP contribution in [-0.4, -0.2) is 149 Å². The Morgan fingerprint density at radius 3 is 1.61 bits per heavy atom. The minimum Gasteiger partial charge on any atom is -0.494 e. The van der Waals surface area contributed by atoms with Crippen molar-refractivity contribution in [2.75, 3.05) is 52.5 Å². The van der Waals surface area contributed by atoms with Gasteiger partial charge in [-0.2, -0.15) is 10.5 Å². The topological polar surface area (TPSA) is 287 Å². The lowest BCUT2D eigenvalue weighted by Gasteiger charge is -2.23. The van der Waals surface area contributed by atoms with Gasteiger partial charge in [0, 0.05) is 55.5 Å². The molecule has 0 saturated carbocycles. The lowest BCUT2D eigenvalue weighted by Crippen LogP contribution is -2.48. The maximum Gasteiger partial charge on any atom is 0.408 e. The smallest absolute Gasteiger partial charge is 0.408 e. The zero-order valence-electron chi connectivity index (χ0n) is 42.6. The number of halogens is 4. The highest BCUT2D eigenvalue weighted by atomic mass is 19.3. The summed E-state index contributed by atoms with van der Waals surface area (Å²) >= 11 is 0. The van der Waals surface area contributed by atoms with Crippen LogP contribution in [0.5, 0.6) is 11.5 Å². The number of ether oxygens (including phenoxy) is 3. The van der Waals surface area contributed by atoms with Crippen LogP contribution in [0.1, 0.15) is 92.9 Å². The predicted octanol–water partition coefficient (Wildman–Crippen LogP) is 4.69. The van der Waals surface area contributed by atoms with Crippen molar-refractivity contribution in [2.45, 2.75) is 108 Å². The van der Waals surface area contributed by atoms with Crippen LogP contribution in [0, 0.1) is 22.7 Å². The molecular formula is C52H59F4N11O10. The second kappa shape index (κ2) is 25.9. The van der Waals surface area contributed by atoms with Crippen LogP contribution in [0.2, 0.25) is 0 Å². The number of nitrogens with one attached hydrogen (secondary N) is 5. The number of rotatable bonds is 23. The van der Waals surface area contributed by atoms with Gasteiger partial charge in [0.1, 0.15) is 35.2 Å². The van der Waals surface area contributed by atoms with Crippen molar-refractivity contribution in [2.24, 2.45) is 0 Å². The Bertz CT molecular complexity index is 2930. The molecule has 77 heavy (non-hydrogen) atoms. The molecule has 3 atom stereocenters. The van der Waals surface area contributed by atoms with Gasteiger partial charge in [-0.3, -0.25) is 38.7 Å².